The fraction of sp³-hybridized carbons (Fsp3) is 0. The van der Waals surface area contributed by atoms with E-state index in [-0.39, 0.29) is 0 Å². The SMILES string of the molecule is c1ccc(-c2ccc(N(c3cccc(-c4ccc(-c5ccccc5)cc4-c4ccccc4)c3)c3cccc(-c4cc5ccccc5c5ccccc45)c3)cc2)cc1. The van der Waals surface area contributed by atoms with E-state index in [2.05, 4.69) is 241 Å². The van der Waals surface area contributed by atoms with Crippen LogP contribution >= 0.6 is 0 Å². The van der Waals surface area contributed by atoms with Gasteiger partial charge >= 0.3 is 0 Å². The number of rotatable bonds is 8. The van der Waals surface area contributed by atoms with Crippen molar-refractivity contribution in [3.63, 3.8) is 0 Å². The van der Waals surface area contributed by atoms with Crippen molar-refractivity contribution < 1.29 is 0 Å². The van der Waals surface area contributed by atoms with Crippen molar-refractivity contribution in [3.8, 4) is 55.6 Å². The van der Waals surface area contributed by atoms with Crippen LogP contribution < -0.4 is 4.90 Å². The molecule has 0 saturated heterocycles. The van der Waals surface area contributed by atoms with Gasteiger partial charge in [-0.1, -0.05) is 188 Å². The molecule has 0 radical (unpaired) electrons. The van der Waals surface area contributed by atoms with Crippen LogP contribution in [0, 0.1) is 0 Å². The van der Waals surface area contributed by atoms with E-state index in [1.165, 1.54) is 71.6 Å². The number of fused-ring (bicyclic) bond motifs is 3. The molecule has 0 aliphatic heterocycles. The van der Waals surface area contributed by atoms with Crippen LogP contribution in [-0.4, -0.2) is 0 Å². The first-order chi connectivity index (χ1) is 28.3. The highest BCUT2D eigenvalue weighted by atomic mass is 15.1. The molecule has 0 aromatic heterocycles. The van der Waals surface area contributed by atoms with Crippen molar-refractivity contribution in [2.45, 2.75) is 0 Å². The molecule has 268 valence electrons. The summed E-state index contributed by atoms with van der Waals surface area (Å²) in [5.41, 5.74) is 15.2. The van der Waals surface area contributed by atoms with Crippen LogP contribution in [0.5, 0.6) is 0 Å². The average molecular weight is 726 g/mol. The minimum absolute atomic E-state index is 1.09. The van der Waals surface area contributed by atoms with Crippen molar-refractivity contribution in [2.75, 3.05) is 4.90 Å². The average Bonchev–Trinajstić information content (AvgIpc) is 3.30. The summed E-state index contributed by atoms with van der Waals surface area (Å²) in [4.78, 5) is 2.39. The third-order valence-corrected chi connectivity index (χ3v) is 11.0. The lowest BCUT2D eigenvalue weighted by atomic mass is 9.91. The van der Waals surface area contributed by atoms with Crippen LogP contribution in [0.25, 0.3) is 77.2 Å². The van der Waals surface area contributed by atoms with Gasteiger partial charge in [0.05, 0.1) is 0 Å². The zero-order valence-electron chi connectivity index (χ0n) is 31.5. The Morgan fingerprint density at radius 3 is 1.33 bits per heavy atom. The van der Waals surface area contributed by atoms with Gasteiger partial charge in [-0.2, -0.15) is 0 Å². The third kappa shape index (κ3) is 6.66. The molecule has 0 saturated carbocycles. The van der Waals surface area contributed by atoms with Gasteiger partial charge < -0.3 is 4.90 Å². The van der Waals surface area contributed by atoms with E-state index >= 15 is 0 Å². The summed E-state index contributed by atoms with van der Waals surface area (Å²) in [6.45, 7) is 0. The Balaban J connectivity index is 1.13. The summed E-state index contributed by atoms with van der Waals surface area (Å²) >= 11 is 0. The molecular weight excluding hydrogens is 687 g/mol. The van der Waals surface area contributed by atoms with E-state index in [0.717, 1.165) is 22.6 Å². The number of anilines is 3. The second-order valence-electron chi connectivity index (χ2n) is 14.5. The Hall–Kier alpha value is -7.48. The third-order valence-electron chi connectivity index (χ3n) is 11.0. The summed E-state index contributed by atoms with van der Waals surface area (Å²) in [6.07, 6.45) is 0. The highest BCUT2D eigenvalue weighted by Gasteiger charge is 2.18. The van der Waals surface area contributed by atoms with E-state index in [1.807, 2.05) is 0 Å². The monoisotopic (exact) mass is 725 g/mol. The van der Waals surface area contributed by atoms with Gasteiger partial charge in [0.15, 0.2) is 0 Å². The van der Waals surface area contributed by atoms with E-state index in [0.29, 0.717) is 0 Å². The van der Waals surface area contributed by atoms with Crippen molar-refractivity contribution in [3.05, 3.63) is 237 Å². The van der Waals surface area contributed by atoms with Crippen molar-refractivity contribution in [1.82, 2.24) is 0 Å². The van der Waals surface area contributed by atoms with Crippen LogP contribution in [0.4, 0.5) is 17.1 Å². The fourth-order valence-electron chi connectivity index (χ4n) is 8.26. The summed E-state index contributed by atoms with van der Waals surface area (Å²) < 4.78 is 0. The number of hydrogen-bond donors (Lipinski definition) is 0. The first-order valence-electron chi connectivity index (χ1n) is 19.6. The van der Waals surface area contributed by atoms with Gasteiger partial charge in [-0.3, -0.25) is 0 Å². The molecule has 0 spiro atoms. The maximum Gasteiger partial charge on any atom is 0.0467 e. The van der Waals surface area contributed by atoms with Crippen molar-refractivity contribution >= 4 is 38.6 Å². The standard InChI is InChI=1S/C56H39N/c1-4-16-40(17-5-1)42-30-33-48(34-31-42)57(50-26-15-24-46(37-50)56-39-47-22-10-11-27-51(47)53-28-12-13-29-54(53)56)49-25-14-23-45(36-49)52-35-32-44(41-18-6-2-7-19-41)38-55(52)43-20-8-3-9-21-43/h1-39H. The molecule has 1 nitrogen and oxygen atoms in total. The summed E-state index contributed by atoms with van der Waals surface area (Å²) in [7, 11) is 0. The molecule has 0 aliphatic rings. The second kappa shape index (κ2) is 15.0. The molecular formula is C56H39N. The topological polar surface area (TPSA) is 3.24 Å². The minimum Gasteiger partial charge on any atom is -0.310 e. The van der Waals surface area contributed by atoms with Crippen LogP contribution in [0.15, 0.2) is 237 Å². The molecule has 0 aliphatic carbocycles. The fourth-order valence-corrected chi connectivity index (χ4v) is 8.26. The molecule has 0 N–H and O–H groups in total. The van der Waals surface area contributed by atoms with E-state index in [1.54, 1.807) is 0 Å². The lowest BCUT2D eigenvalue weighted by Gasteiger charge is -2.27. The molecule has 10 aromatic rings. The van der Waals surface area contributed by atoms with Gasteiger partial charge in [0, 0.05) is 17.1 Å². The van der Waals surface area contributed by atoms with Crippen LogP contribution in [0.1, 0.15) is 0 Å². The van der Waals surface area contributed by atoms with Gasteiger partial charge in [0.2, 0.25) is 0 Å². The Labute approximate surface area is 334 Å². The molecule has 1 heteroatoms. The number of nitrogens with zero attached hydrogens (tertiary/aromatic N) is 1. The maximum absolute atomic E-state index is 2.39. The zero-order valence-corrected chi connectivity index (χ0v) is 31.5. The summed E-state index contributed by atoms with van der Waals surface area (Å²) in [5, 5.41) is 5.04. The Morgan fingerprint density at radius 2 is 0.684 bits per heavy atom. The molecule has 0 unspecified atom stereocenters. The first-order valence-corrected chi connectivity index (χ1v) is 19.6. The molecule has 0 atom stereocenters. The molecule has 0 bridgehead atoms. The highest BCUT2D eigenvalue weighted by molar-refractivity contribution is 6.14. The smallest absolute Gasteiger partial charge is 0.0467 e. The number of hydrogen-bond acceptors (Lipinski definition) is 1. The first kappa shape index (κ1) is 34.0. The van der Waals surface area contributed by atoms with Gasteiger partial charge in [-0.05, 0) is 126 Å². The quantitative estimate of drug-likeness (QED) is 0.141. The van der Waals surface area contributed by atoms with Gasteiger partial charge in [0.25, 0.3) is 0 Å². The minimum atomic E-state index is 1.09. The van der Waals surface area contributed by atoms with E-state index in [4.69, 9.17) is 0 Å². The second-order valence-corrected chi connectivity index (χ2v) is 14.5. The maximum atomic E-state index is 2.39. The lowest BCUT2D eigenvalue weighted by molar-refractivity contribution is 1.28. The van der Waals surface area contributed by atoms with E-state index in [9.17, 15) is 0 Å². The lowest BCUT2D eigenvalue weighted by Crippen LogP contribution is -2.10. The molecule has 10 rings (SSSR count). The highest BCUT2D eigenvalue weighted by Crippen LogP contribution is 2.43. The van der Waals surface area contributed by atoms with Gasteiger partial charge in [-0.15, -0.1) is 0 Å². The predicted octanol–water partition coefficient (Wildman–Crippen LogP) is 15.8. The van der Waals surface area contributed by atoms with Crippen LogP contribution in [-0.2, 0) is 0 Å². The molecule has 0 fully saturated rings. The van der Waals surface area contributed by atoms with Gasteiger partial charge in [0.1, 0.15) is 0 Å². The zero-order chi connectivity index (χ0) is 38.0. The molecule has 0 heterocycles. The van der Waals surface area contributed by atoms with Crippen molar-refractivity contribution in [1.29, 1.82) is 0 Å². The molecule has 57 heavy (non-hydrogen) atoms. The van der Waals surface area contributed by atoms with Gasteiger partial charge in [-0.25, -0.2) is 0 Å². The Kier molecular flexibility index (Phi) is 8.95. The number of benzene rings is 10. The summed E-state index contributed by atoms with van der Waals surface area (Å²) in [6, 6.07) is 85.7. The van der Waals surface area contributed by atoms with Crippen LogP contribution in [0.2, 0.25) is 0 Å². The normalized spacial score (nSPS) is 11.2. The molecule has 10 aromatic carbocycles. The summed E-state index contributed by atoms with van der Waals surface area (Å²) in [5.74, 6) is 0. The molecule has 0 amide bonds. The van der Waals surface area contributed by atoms with Crippen LogP contribution in [0.3, 0.4) is 0 Å². The van der Waals surface area contributed by atoms with E-state index < -0.39 is 0 Å². The Morgan fingerprint density at radius 1 is 0.211 bits per heavy atom. The van der Waals surface area contributed by atoms with Crippen molar-refractivity contribution in [2.24, 2.45) is 0 Å². The predicted molar refractivity (Wildman–Crippen MR) is 243 cm³/mol. The largest absolute Gasteiger partial charge is 0.310 e. The Bertz CT molecular complexity index is 2990.